The van der Waals surface area contributed by atoms with E-state index in [-0.39, 0.29) is 16.8 Å². The summed E-state index contributed by atoms with van der Waals surface area (Å²) in [7, 11) is 3.28. The first-order valence-corrected chi connectivity index (χ1v) is 10.5. The minimum absolute atomic E-state index is 0.100. The van der Waals surface area contributed by atoms with E-state index in [2.05, 4.69) is 10.3 Å². The predicted molar refractivity (Wildman–Crippen MR) is 118 cm³/mol. The first-order valence-electron chi connectivity index (χ1n) is 9.56. The van der Waals surface area contributed by atoms with Gasteiger partial charge >= 0.3 is 6.18 Å². The molecule has 0 unspecified atom stereocenters. The van der Waals surface area contributed by atoms with Crippen LogP contribution in [0.5, 0.6) is 0 Å². The van der Waals surface area contributed by atoms with Crippen molar-refractivity contribution in [1.82, 2.24) is 14.5 Å². The number of nitrogens with zero attached hydrogens (tertiary/aromatic N) is 3. The first kappa shape index (κ1) is 23.4. The zero-order chi connectivity index (χ0) is 23.3. The zero-order valence-corrected chi connectivity index (χ0v) is 18.2. The van der Waals surface area contributed by atoms with Gasteiger partial charge in [0.15, 0.2) is 5.16 Å². The Morgan fingerprint density at radius 3 is 2.31 bits per heavy atom. The van der Waals surface area contributed by atoms with Crippen molar-refractivity contribution in [3.05, 3.63) is 66.4 Å². The van der Waals surface area contributed by atoms with Crippen LogP contribution in [0.1, 0.15) is 10.4 Å². The van der Waals surface area contributed by atoms with Crippen LogP contribution in [0.3, 0.4) is 0 Å². The maximum Gasteiger partial charge on any atom is 0.406 e. The number of alkyl halides is 3. The number of imidazole rings is 1. The molecule has 3 rings (SSSR count). The number of carbonyl (C=O) groups is 2. The minimum atomic E-state index is -4.44. The van der Waals surface area contributed by atoms with Crippen molar-refractivity contribution in [3.63, 3.8) is 0 Å². The van der Waals surface area contributed by atoms with Gasteiger partial charge in [0.05, 0.1) is 17.6 Å². The molecule has 168 valence electrons. The molecule has 1 N–H and O–H groups in total. The quantitative estimate of drug-likeness (QED) is 0.524. The molecular formula is C22H21F3N4O2S. The Bertz CT molecular complexity index is 1080. The van der Waals surface area contributed by atoms with Gasteiger partial charge in [-0.1, -0.05) is 42.1 Å². The molecule has 10 heteroatoms. The summed E-state index contributed by atoms with van der Waals surface area (Å²) >= 11 is 0.922. The van der Waals surface area contributed by atoms with E-state index in [0.717, 1.165) is 16.3 Å². The van der Waals surface area contributed by atoms with Crippen LogP contribution >= 0.6 is 11.8 Å². The van der Waals surface area contributed by atoms with Crippen LogP contribution < -0.4 is 5.32 Å². The van der Waals surface area contributed by atoms with E-state index in [1.54, 1.807) is 68.7 Å². The molecule has 0 fully saturated rings. The van der Waals surface area contributed by atoms with E-state index in [0.29, 0.717) is 22.5 Å². The largest absolute Gasteiger partial charge is 0.406 e. The number of aromatic nitrogens is 2. The second kappa shape index (κ2) is 9.90. The van der Waals surface area contributed by atoms with Gasteiger partial charge in [-0.05, 0) is 29.8 Å². The number of benzene rings is 2. The number of amides is 2. The normalized spacial score (nSPS) is 11.3. The predicted octanol–water partition coefficient (Wildman–Crippen LogP) is 4.55. The third-order valence-corrected chi connectivity index (χ3v) is 5.37. The van der Waals surface area contributed by atoms with Gasteiger partial charge in [0, 0.05) is 25.3 Å². The van der Waals surface area contributed by atoms with E-state index < -0.39 is 18.6 Å². The highest BCUT2D eigenvalue weighted by atomic mass is 32.2. The molecule has 0 saturated carbocycles. The second-order valence-electron chi connectivity index (χ2n) is 7.11. The lowest BCUT2D eigenvalue weighted by atomic mass is 10.2. The standard InChI is InChI=1S/C22H21F3N4O2S/c1-28(2)20(31)16-8-10-17(11-9-16)27-19(30)13-32-21-26-12-18(15-6-4-3-5-7-15)29(21)14-22(23,24)25/h3-12H,13-14H2,1-2H3,(H,27,30). The molecular weight excluding hydrogens is 441 g/mol. The Balaban J connectivity index is 1.69. The van der Waals surface area contributed by atoms with Gasteiger partial charge in [0.25, 0.3) is 5.91 Å². The number of nitrogens with one attached hydrogen (secondary N) is 1. The van der Waals surface area contributed by atoms with Crippen LogP contribution in [0.25, 0.3) is 11.3 Å². The molecule has 1 heterocycles. The van der Waals surface area contributed by atoms with Crippen LogP contribution in [0.4, 0.5) is 18.9 Å². The van der Waals surface area contributed by atoms with Crippen molar-refractivity contribution in [1.29, 1.82) is 0 Å². The van der Waals surface area contributed by atoms with Crippen molar-refractivity contribution >= 4 is 29.3 Å². The summed E-state index contributed by atoms with van der Waals surface area (Å²) in [6.07, 6.45) is -3.06. The van der Waals surface area contributed by atoms with Gasteiger partial charge in [-0.25, -0.2) is 4.98 Å². The van der Waals surface area contributed by atoms with Crippen molar-refractivity contribution < 1.29 is 22.8 Å². The number of anilines is 1. The molecule has 2 aromatic carbocycles. The molecule has 0 aliphatic heterocycles. The van der Waals surface area contributed by atoms with Crippen molar-refractivity contribution in [2.24, 2.45) is 0 Å². The highest BCUT2D eigenvalue weighted by molar-refractivity contribution is 7.99. The zero-order valence-electron chi connectivity index (χ0n) is 17.4. The maximum atomic E-state index is 13.2. The number of carbonyl (C=O) groups excluding carboxylic acids is 2. The molecule has 0 atom stereocenters. The van der Waals surface area contributed by atoms with Crippen molar-refractivity contribution in [2.45, 2.75) is 17.9 Å². The van der Waals surface area contributed by atoms with Gasteiger partial charge in [-0.15, -0.1) is 0 Å². The van der Waals surface area contributed by atoms with Crippen molar-refractivity contribution in [3.8, 4) is 11.3 Å². The Hall–Kier alpha value is -3.27. The van der Waals surface area contributed by atoms with E-state index in [1.165, 1.54) is 11.1 Å². The maximum absolute atomic E-state index is 13.2. The SMILES string of the molecule is CN(C)C(=O)c1ccc(NC(=O)CSc2ncc(-c3ccccc3)n2CC(F)(F)F)cc1. The molecule has 0 radical (unpaired) electrons. The monoisotopic (exact) mass is 462 g/mol. The summed E-state index contributed by atoms with van der Waals surface area (Å²) in [5, 5.41) is 2.77. The third-order valence-electron chi connectivity index (χ3n) is 4.38. The lowest BCUT2D eigenvalue weighted by Crippen LogP contribution is -2.21. The Morgan fingerprint density at radius 1 is 1.06 bits per heavy atom. The minimum Gasteiger partial charge on any atom is -0.345 e. The van der Waals surface area contributed by atoms with E-state index in [1.807, 2.05) is 0 Å². The fraction of sp³-hybridized carbons (Fsp3) is 0.227. The number of halogens is 3. The highest BCUT2D eigenvalue weighted by Crippen LogP contribution is 2.30. The molecule has 0 aliphatic carbocycles. The summed E-state index contributed by atoms with van der Waals surface area (Å²) in [6.45, 7) is -1.21. The van der Waals surface area contributed by atoms with E-state index in [9.17, 15) is 22.8 Å². The summed E-state index contributed by atoms with van der Waals surface area (Å²) in [5.74, 6) is -0.685. The van der Waals surface area contributed by atoms with Crippen LogP contribution in [0.15, 0.2) is 66.0 Å². The smallest absolute Gasteiger partial charge is 0.345 e. The Kier molecular flexibility index (Phi) is 7.24. The molecule has 3 aromatic rings. The molecule has 32 heavy (non-hydrogen) atoms. The van der Waals surface area contributed by atoms with Gasteiger partial charge in [0.1, 0.15) is 6.54 Å². The van der Waals surface area contributed by atoms with E-state index in [4.69, 9.17) is 0 Å². The second-order valence-corrected chi connectivity index (χ2v) is 8.05. The summed E-state index contributed by atoms with van der Waals surface area (Å²) in [5.41, 5.74) is 1.89. The average Bonchev–Trinajstić information content (AvgIpc) is 3.13. The van der Waals surface area contributed by atoms with Crippen LogP contribution in [0.2, 0.25) is 0 Å². The van der Waals surface area contributed by atoms with Gasteiger partial charge in [-0.2, -0.15) is 13.2 Å². The first-order chi connectivity index (χ1) is 15.1. The molecule has 6 nitrogen and oxygen atoms in total. The van der Waals surface area contributed by atoms with Gasteiger partial charge in [-0.3, -0.25) is 9.59 Å². The van der Waals surface area contributed by atoms with Crippen molar-refractivity contribution in [2.75, 3.05) is 25.2 Å². The molecule has 2 amide bonds. The van der Waals surface area contributed by atoms with Crippen LogP contribution in [-0.2, 0) is 11.3 Å². The number of hydrogen-bond donors (Lipinski definition) is 1. The summed E-state index contributed by atoms with van der Waals surface area (Å²) < 4.78 is 40.5. The van der Waals surface area contributed by atoms with Gasteiger partial charge < -0.3 is 14.8 Å². The summed E-state index contributed by atoms with van der Waals surface area (Å²) in [6, 6.07) is 15.0. The van der Waals surface area contributed by atoms with Crippen LogP contribution in [0, 0.1) is 0 Å². The number of thioether (sulfide) groups is 1. The average molecular weight is 462 g/mol. The third kappa shape index (κ3) is 6.13. The molecule has 1 aromatic heterocycles. The topological polar surface area (TPSA) is 67.2 Å². The fourth-order valence-corrected chi connectivity index (χ4v) is 3.71. The molecule has 0 saturated heterocycles. The number of rotatable bonds is 7. The Labute approximate surface area is 187 Å². The van der Waals surface area contributed by atoms with Gasteiger partial charge in [0.2, 0.25) is 5.91 Å². The lowest BCUT2D eigenvalue weighted by molar-refractivity contribution is -0.141. The number of hydrogen-bond acceptors (Lipinski definition) is 4. The van der Waals surface area contributed by atoms with E-state index >= 15 is 0 Å². The van der Waals surface area contributed by atoms with Crippen LogP contribution in [-0.4, -0.2) is 52.3 Å². The molecule has 0 aliphatic rings. The summed E-state index contributed by atoms with van der Waals surface area (Å²) in [4.78, 5) is 29.8. The molecule has 0 spiro atoms. The highest BCUT2D eigenvalue weighted by Gasteiger charge is 2.31. The molecule has 0 bridgehead atoms. The Morgan fingerprint density at radius 2 is 1.72 bits per heavy atom. The lowest BCUT2D eigenvalue weighted by Gasteiger charge is -2.14. The fourth-order valence-electron chi connectivity index (χ4n) is 2.93.